The molecule has 0 bridgehead atoms. The number of imidazole rings is 1. The highest BCUT2D eigenvalue weighted by molar-refractivity contribution is 5.97. The Kier molecular flexibility index (Phi) is 3.88. The van der Waals surface area contributed by atoms with Crippen molar-refractivity contribution in [1.29, 1.82) is 0 Å². The SMILES string of the molecule is Cc1nc2ccc(C(=O)NCc3ccc4c(c3)ncn4C)cc2nc1C. The van der Waals surface area contributed by atoms with Gasteiger partial charge in [-0.25, -0.2) is 15.0 Å². The molecule has 6 nitrogen and oxygen atoms in total. The summed E-state index contributed by atoms with van der Waals surface area (Å²) in [6, 6.07) is 11.4. The van der Waals surface area contributed by atoms with Crippen LogP contribution in [0.25, 0.3) is 22.1 Å². The lowest BCUT2D eigenvalue weighted by molar-refractivity contribution is 0.0951. The lowest BCUT2D eigenvalue weighted by atomic mass is 10.1. The molecule has 1 amide bonds. The molecule has 0 saturated carbocycles. The number of rotatable bonds is 3. The number of nitrogens with one attached hydrogen (secondary N) is 1. The monoisotopic (exact) mass is 345 g/mol. The Labute approximate surface area is 150 Å². The quantitative estimate of drug-likeness (QED) is 0.619. The molecule has 0 atom stereocenters. The lowest BCUT2D eigenvalue weighted by Gasteiger charge is -2.07. The summed E-state index contributed by atoms with van der Waals surface area (Å²) in [5.74, 6) is -0.131. The molecule has 0 aliphatic carbocycles. The van der Waals surface area contributed by atoms with Crippen LogP contribution < -0.4 is 5.32 Å². The van der Waals surface area contributed by atoms with Crippen LogP contribution in [0.2, 0.25) is 0 Å². The fraction of sp³-hybridized carbons (Fsp3) is 0.200. The summed E-state index contributed by atoms with van der Waals surface area (Å²) in [7, 11) is 1.96. The molecular weight excluding hydrogens is 326 g/mol. The third kappa shape index (κ3) is 2.90. The lowest BCUT2D eigenvalue weighted by Crippen LogP contribution is -2.22. The van der Waals surface area contributed by atoms with Crippen LogP contribution in [-0.4, -0.2) is 25.4 Å². The van der Waals surface area contributed by atoms with Gasteiger partial charge in [-0.15, -0.1) is 0 Å². The zero-order valence-corrected chi connectivity index (χ0v) is 14.9. The van der Waals surface area contributed by atoms with Crippen molar-refractivity contribution in [2.24, 2.45) is 7.05 Å². The molecule has 2 heterocycles. The van der Waals surface area contributed by atoms with Gasteiger partial charge in [-0.05, 0) is 49.7 Å². The van der Waals surface area contributed by atoms with Crippen molar-refractivity contribution in [3.05, 3.63) is 65.2 Å². The molecule has 4 aromatic rings. The standard InChI is InChI=1S/C20H19N5O/c1-12-13(2)24-17-9-15(5-6-16(17)23-12)20(26)21-10-14-4-7-19-18(8-14)22-11-25(19)3/h4-9,11H,10H2,1-3H3,(H,21,26). The predicted molar refractivity (Wildman–Crippen MR) is 101 cm³/mol. The van der Waals surface area contributed by atoms with Crippen LogP contribution in [0.3, 0.4) is 0 Å². The van der Waals surface area contributed by atoms with E-state index in [1.165, 1.54) is 0 Å². The number of fused-ring (bicyclic) bond motifs is 2. The van der Waals surface area contributed by atoms with Crippen LogP contribution in [0, 0.1) is 13.8 Å². The highest BCUT2D eigenvalue weighted by Crippen LogP contribution is 2.16. The molecule has 6 heteroatoms. The van der Waals surface area contributed by atoms with E-state index in [4.69, 9.17) is 0 Å². The Hall–Kier alpha value is -3.28. The minimum atomic E-state index is -0.131. The number of nitrogens with zero attached hydrogens (tertiary/aromatic N) is 4. The van der Waals surface area contributed by atoms with Crippen LogP contribution >= 0.6 is 0 Å². The molecule has 2 aromatic carbocycles. The summed E-state index contributed by atoms with van der Waals surface area (Å²) in [6.07, 6.45) is 1.78. The first-order valence-corrected chi connectivity index (χ1v) is 8.44. The maximum Gasteiger partial charge on any atom is 0.251 e. The number of carbonyl (C=O) groups excluding carboxylic acids is 1. The zero-order chi connectivity index (χ0) is 18.3. The summed E-state index contributed by atoms with van der Waals surface area (Å²) >= 11 is 0. The van der Waals surface area contributed by atoms with Gasteiger partial charge < -0.3 is 9.88 Å². The number of hydrogen-bond donors (Lipinski definition) is 1. The van der Waals surface area contributed by atoms with Crippen molar-refractivity contribution in [1.82, 2.24) is 24.8 Å². The van der Waals surface area contributed by atoms with Gasteiger partial charge in [-0.2, -0.15) is 0 Å². The second kappa shape index (κ2) is 6.22. The van der Waals surface area contributed by atoms with Gasteiger partial charge in [0.1, 0.15) is 0 Å². The van der Waals surface area contributed by atoms with Gasteiger partial charge in [0.05, 0.1) is 39.8 Å². The van der Waals surface area contributed by atoms with E-state index in [0.717, 1.165) is 39.0 Å². The molecule has 0 aliphatic heterocycles. The van der Waals surface area contributed by atoms with Gasteiger partial charge in [-0.3, -0.25) is 4.79 Å². The van der Waals surface area contributed by atoms with Crippen molar-refractivity contribution < 1.29 is 4.79 Å². The van der Waals surface area contributed by atoms with Crippen LogP contribution in [0.15, 0.2) is 42.7 Å². The van der Waals surface area contributed by atoms with Gasteiger partial charge >= 0.3 is 0 Å². The number of aryl methyl sites for hydroxylation is 3. The fourth-order valence-electron chi connectivity index (χ4n) is 2.95. The van der Waals surface area contributed by atoms with Crippen LogP contribution in [0.1, 0.15) is 27.3 Å². The van der Waals surface area contributed by atoms with Gasteiger partial charge in [0.2, 0.25) is 0 Å². The molecule has 130 valence electrons. The van der Waals surface area contributed by atoms with E-state index < -0.39 is 0 Å². The maximum absolute atomic E-state index is 12.5. The average Bonchev–Trinajstić information content (AvgIpc) is 3.01. The number of hydrogen-bond acceptors (Lipinski definition) is 4. The average molecular weight is 345 g/mol. The van der Waals surface area contributed by atoms with E-state index in [1.807, 2.05) is 49.7 Å². The summed E-state index contributed by atoms with van der Waals surface area (Å²) < 4.78 is 1.97. The molecule has 0 saturated heterocycles. The topological polar surface area (TPSA) is 72.7 Å². The molecule has 1 N–H and O–H groups in total. The summed E-state index contributed by atoms with van der Waals surface area (Å²) in [6.45, 7) is 4.30. The minimum Gasteiger partial charge on any atom is -0.348 e. The van der Waals surface area contributed by atoms with Crippen molar-refractivity contribution >= 4 is 28.0 Å². The van der Waals surface area contributed by atoms with Crippen LogP contribution in [-0.2, 0) is 13.6 Å². The normalized spacial score (nSPS) is 11.2. The predicted octanol–water partition coefficient (Wildman–Crippen LogP) is 3.06. The minimum absolute atomic E-state index is 0.131. The number of carbonyl (C=O) groups is 1. The largest absolute Gasteiger partial charge is 0.348 e. The van der Waals surface area contributed by atoms with E-state index in [2.05, 4.69) is 20.3 Å². The molecule has 0 aliphatic rings. The van der Waals surface area contributed by atoms with E-state index in [1.54, 1.807) is 18.5 Å². The molecule has 0 unspecified atom stereocenters. The van der Waals surface area contributed by atoms with E-state index >= 15 is 0 Å². The fourth-order valence-corrected chi connectivity index (χ4v) is 2.95. The van der Waals surface area contributed by atoms with Gasteiger partial charge in [0.25, 0.3) is 5.91 Å². The highest BCUT2D eigenvalue weighted by atomic mass is 16.1. The molecule has 0 spiro atoms. The smallest absolute Gasteiger partial charge is 0.251 e. The second-order valence-electron chi connectivity index (χ2n) is 6.46. The Bertz CT molecular complexity index is 1150. The number of amides is 1. The number of benzene rings is 2. The van der Waals surface area contributed by atoms with E-state index in [9.17, 15) is 4.79 Å². The Morgan fingerprint density at radius 1 is 1.00 bits per heavy atom. The van der Waals surface area contributed by atoms with Gasteiger partial charge in [0.15, 0.2) is 0 Å². The number of aromatic nitrogens is 4. The van der Waals surface area contributed by atoms with E-state index in [-0.39, 0.29) is 5.91 Å². The zero-order valence-electron chi connectivity index (χ0n) is 14.9. The highest BCUT2D eigenvalue weighted by Gasteiger charge is 2.09. The molecule has 0 fully saturated rings. The summed E-state index contributed by atoms with van der Waals surface area (Å²) in [5.41, 5.74) is 6.88. The van der Waals surface area contributed by atoms with Crippen molar-refractivity contribution in [2.45, 2.75) is 20.4 Å². The molecule has 26 heavy (non-hydrogen) atoms. The summed E-state index contributed by atoms with van der Waals surface area (Å²) in [4.78, 5) is 25.9. The van der Waals surface area contributed by atoms with Gasteiger partial charge in [0, 0.05) is 19.2 Å². The van der Waals surface area contributed by atoms with Crippen molar-refractivity contribution in [3.63, 3.8) is 0 Å². The maximum atomic E-state index is 12.5. The molecule has 4 rings (SSSR count). The molecular formula is C20H19N5O. The first-order chi connectivity index (χ1) is 12.5. The Balaban J connectivity index is 1.53. The first kappa shape index (κ1) is 16.2. The van der Waals surface area contributed by atoms with E-state index in [0.29, 0.717) is 12.1 Å². The Morgan fingerprint density at radius 2 is 1.77 bits per heavy atom. The van der Waals surface area contributed by atoms with Crippen LogP contribution in [0.4, 0.5) is 0 Å². The second-order valence-corrected chi connectivity index (χ2v) is 6.46. The first-order valence-electron chi connectivity index (χ1n) is 8.44. The third-order valence-corrected chi connectivity index (χ3v) is 4.58. The van der Waals surface area contributed by atoms with Crippen molar-refractivity contribution in [2.75, 3.05) is 0 Å². The van der Waals surface area contributed by atoms with Gasteiger partial charge in [-0.1, -0.05) is 6.07 Å². The molecule has 2 aromatic heterocycles. The summed E-state index contributed by atoms with van der Waals surface area (Å²) in [5, 5.41) is 2.96. The van der Waals surface area contributed by atoms with Crippen LogP contribution in [0.5, 0.6) is 0 Å². The molecule has 0 radical (unpaired) electrons. The van der Waals surface area contributed by atoms with Crippen molar-refractivity contribution in [3.8, 4) is 0 Å². The third-order valence-electron chi connectivity index (χ3n) is 4.58. The Morgan fingerprint density at radius 3 is 2.58 bits per heavy atom.